The predicted molar refractivity (Wildman–Crippen MR) is 34.4 cm³/mol. The molecule has 0 aliphatic carbocycles. The van der Waals surface area contributed by atoms with Crippen molar-refractivity contribution in [3.05, 3.63) is 10.1 Å². The molecule has 0 saturated carbocycles. The molecule has 9 nitrogen and oxygen atoms in total. The second-order valence-corrected chi connectivity index (χ2v) is 1.65. The molecular weight excluding hydrogens is 192 g/mol. The fourth-order valence-corrected chi connectivity index (χ4v) is 0.404. The van der Waals surface area contributed by atoms with Gasteiger partial charge in [-0.25, -0.2) is 14.9 Å². The van der Waals surface area contributed by atoms with Crippen molar-refractivity contribution in [2.75, 3.05) is 0 Å². The Morgan fingerprint density at radius 3 is 2.58 bits per heavy atom. The van der Waals surface area contributed by atoms with Crippen LogP contribution in [0.1, 0.15) is 0 Å². The monoisotopic (exact) mass is 194 g/mol. The molecule has 1 N–H and O–H groups in total. The van der Waals surface area contributed by atoms with E-state index in [0.717, 1.165) is 6.19 Å². The molecule has 66 valence electrons. The zero-order valence-corrected chi connectivity index (χ0v) is 6.21. The summed E-state index contributed by atoms with van der Waals surface area (Å²) in [4.78, 5) is 23.3. The van der Waals surface area contributed by atoms with Crippen LogP contribution in [0.15, 0.2) is 0 Å². The molecule has 0 aliphatic heterocycles. The quantitative estimate of drug-likeness (QED) is 0.154. The van der Waals surface area contributed by atoms with E-state index in [0.29, 0.717) is 0 Å². The summed E-state index contributed by atoms with van der Waals surface area (Å²) in [5.74, 6) is 0. The average Bonchev–Trinajstić information content (AvgIpc) is 2.03. The second-order valence-electron chi connectivity index (χ2n) is 1.27. The number of rotatable bonds is 2. The van der Waals surface area contributed by atoms with Gasteiger partial charge in [-0.15, -0.1) is 0 Å². The Labute approximate surface area is 70.9 Å². The van der Waals surface area contributed by atoms with Gasteiger partial charge in [-0.2, -0.15) is 10.5 Å². The molecule has 12 heavy (non-hydrogen) atoms. The summed E-state index contributed by atoms with van der Waals surface area (Å²) in [7, 11) is 0. The minimum absolute atomic E-state index is 0.125. The standard InChI is InChI=1S/C2H2N4O5S/c3-1-4(6(8)9)5(12)2(7)11-10/h10,12H. The first-order valence-corrected chi connectivity index (χ1v) is 2.63. The van der Waals surface area contributed by atoms with Gasteiger partial charge >= 0.3 is 6.09 Å². The molecule has 0 rings (SSSR count). The van der Waals surface area contributed by atoms with Crippen LogP contribution < -0.4 is 0 Å². The molecule has 0 aliphatic rings. The molecule has 0 unspecified atom stereocenters. The summed E-state index contributed by atoms with van der Waals surface area (Å²) in [5, 5.41) is 24.1. The van der Waals surface area contributed by atoms with E-state index >= 15 is 0 Å². The highest BCUT2D eigenvalue weighted by Gasteiger charge is 2.28. The molecule has 0 fully saturated rings. The number of carbonyl (C=O) groups is 1. The lowest BCUT2D eigenvalue weighted by Gasteiger charge is -2.11. The Kier molecular flexibility index (Phi) is 3.60. The van der Waals surface area contributed by atoms with Gasteiger partial charge in [-0.3, -0.25) is 4.89 Å². The van der Waals surface area contributed by atoms with E-state index in [1.54, 1.807) is 0 Å². The summed E-state index contributed by atoms with van der Waals surface area (Å²) in [6.07, 6.45) is -0.584. The normalized spacial score (nSPS) is 8.08. The second kappa shape index (κ2) is 4.21. The van der Waals surface area contributed by atoms with Crippen LogP contribution in [-0.4, -0.2) is 25.9 Å². The molecule has 0 spiro atoms. The highest BCUT2D eigenvalue weighted by molar-refractivity contribution is 7.78. The third-order valence-corrected chi connectivity index (χ3v) is 0.998. The lowest BCUT2D eigenvalue weighted by molar-refractivity contribution is -0.663. The molecule has 0 saturated heterocycles. The van der Waals surface area contributed by atoms with Gasteiger partial charge in [-0.05, 0) is 12.8 Å². The molecule has 0 heterocycles. The molecule has 0 aromatic rings. The van der Waals surface area contributed by atoms with Crippen molar-refractivity contribution < 1.29 is 20.0 Å². The van der Waals surface area contributed by atoms with E-state index in [1.807, 2.05) is 0 Å². The van der Waals surface area contributed by atoms with E-state index < -0.39 is 11.1 Å². The van der Waals surface area contributed by atoms with Gasteiger partial charge in [0.1, 0.15) is 0 Å². The van der Waals surface area contributed by atoms with Crippen molar-refractivity contribution in [1.82, 2.24) is 9.53 Å². The maximum Gasteiger partial charge on any atom is 0.475 e. The summed E-state index contributed by atoms with van der Waals surface area (Å²) in [5.41, 5.74) is 0. The van der Waals surface area contributed by atoms with Gasteiger partial charge in [0.15, 0.2) is 5.03 Å². The number of hydrogen-bond acceptors (Lipinski definition) is 7. The van der Waals surface area contributed by atoms with Crippen LogP contribution in [0.25, 0.3) is 0 Å². The lowest BCUT2D eigenvalue weighted by Crippen LogP contribution is -2.40. The predicted octanol–water partition coefficient (Wildman–Crippen LogP) is -0.367. The summed E-state index contributed by atoms with van der Waals surface area (Å²) in [6.45, 7) is 0. The lowest BCUT2D eigenvalue weighted by atomic mass is 11.2. The third-order valence-electron chi connectivity index (χ3n) is 0.665. The van der Waals surface area contributed by atoms with Gasteiger partial charge in [0, 0.05) is 0 Å². The molecule has 10 heteroatoms. The third kappa shape index (κ3) is 2.15. The largest absolute Gasteiger partial charge is 0.475 e. The first-order chi connectivity index (χ1) is 5.54. The van der Waals surface area contributed by atoms with Crippen LogP contribution >= 0.6 is 12.8 Å². The number of hydrazine groups is 2. The number of carbonyl (C=O) groups excluding carboxylic acids is 1. The van der Waals surface area contributed by atoms with Crippen LogP contribution in [0.5, 0.6) is 0 Å². The van der Waals surface area contributed by atoms with Gasteiger partial charge in [-0.1, -0.05) is 4.41 Å². The van der Waals surface area contributed by atoms with Crippen LogP contribution in [0.4, 0.5) is 4.79 Å². The van der Waals surface area contributed by atoms with E-state index in [2.05, 4.69) is 17.7 Å². The van der Waals surface area contributed by atoms with Crippen molar-refractivity contribution in [3.63, 3.8) is 0 Å². The number of nitriles is 1. The van der Waals surface area contributed by atoms with Crippen LogP contribution in [0.3, 0.4) is 0 Å². The highest BCUT2D eigenvalue weighted by atomic mass is 32.1. The van der Waals surface area contributed by atoms with Gasteiger partial charge < -0.3 is 0 Å². The zero-order valence-electron chi connectivity index (χ0n) is 5.32. The smallest absolute Gasteiger partial charge is 0.276 e. The zero-order chi connectivity index (χ0) is 9.72. The number of hydrogen-bond donors (Lipinski definition) is 2. The molecule has 1 amide bonds. The van der Waals surface area contributed by atoms with Crippen molar-refractivity contribution >= 4 is 18.9 Å². The number of amides is 1. The first kappa shape index (κ1) is 10.3. The van der Waals surface area contributed by atoms with Crippen LogP contribution in [0.2, 0.25) is 0 Å². The topological polar surface area (TPSA) is 120 Å². The number of thiol groups is 1. The SMILES string of the molecule is N#CN(N(S)C(=O)OO)[N+](=O)[O-]. The molecule has 0 aromatic heterocycles. The number of nitrogens with zero attached hydrogens (tertiary/aromatic N) is 4. The van der Waals surface area contributed by atoms with E-state index in [9.17, 15) is 14.9 Å². The van der Waals surface area contributed by atoms with Crippen LogP contribution in [0, 0.1) is 21.6 Å². The Morgan fingerprint density at radius 1 is 1.83 bits per heavy atom. The average molecular weight is 194 g/mol. The Bertz CT molecular complexity index is 236. The first-order valence-electron chi connectivity index (χ1n) is 2.23. The summed E-state index contributed by atoms with van der Waals surface area (Å²) < 4.78 is -0.125. The molecule has 0 bridgehead atoms. The van der Waals surface area contributed by atoms with Gasteiger partial charge in [0.2, 0.25) is 0 Å². The maximum absolute atomic E-state index is 10.3. The fourth-order valence-electron chi connectivity index (χ4n) is 0.262. The molecule has 0 atom stereocenters. The fraction of sp³-hybridized carbons (Fsp3) is 0. The summed E-state index contributed by atoms with van der Waals surface area (Å²) >= 11 is 3.18. The van der Waals surface area contributed by atoms with Gasteiger partial charge in [0.05, 0.1) is 5.12 Å². The Morgan fingerprint density at radius 2 is 2.33 bits per heavy atom. The van der Waals surface area contributed by atoms with Crippen molar-refractivity contribution in [3.8, 4) is 6.19 Å². The van der Waals surface area contributed by atoms with Crippen molar-refractivity contribution in [1.29, 1.82) is 5.26 Å². The van der Waals surface area contributed by atoms with Crippen LogP contribution in [-0.2, 0) is 4.89 Å². The van der Waals surface area contributed by atoms with Gasteiger partial charge in [0.25, 0.3) is 6.19 Å². The highest BCUT2D eigenvalue weighted by Crippen LogP contribution is 2.02. The molecule has 0 aromatic carbocycles. The van der Waals surface area contributed by atoms with Crippen molar-refractivity contribution in [2.24, 2.45) is 0 Å². The minimum Gasteiger partial charge on any atom is -0.276 e. The molecule has 0 radical (unpaired) electrons. The van der Waals surface area contributed by atoms with E-state index in [1.165, 1.54) is 0 Å². The summed E-state index contributed by atoms with van der Waals surface area (Å²) in [6, 6.07) is 0. The molecular formula is C2H2N4O5S. The Hall–Kier alpha value is -1.73. The van der Waals surface area contributed by atoms with E-state index in [4.69, 9.17) is 10.5 Å². The minimum atomic E-state index is -1.57. The van der Waals surface area contributed by atoms with Crippen molar-refractivity contribution in [2.45, 2.75) is 0 Å². The maximum atomic E-state index is 10.3. The van der Waals surface area contributed by atoms with E-state index in [-0.39, 0.29) is 9.53 Å². The number of nitro groups is 1. The Balaban J connectivity index is 4.44.